The van der Waals surface area contributed by atoms with Crippen LogP contribution in [-0.4, -0.2) is 138 Å². The van der Waals surface area contributed by atoms with Crippen molar-refractivity contribution in [2.75, 3.05) is 75.6 Å². The van der Waals surface area contributed by atoms with Crippen molar-refractivity contribution in [3.05, 3.63) is 358 Å². The number of aromatic amines is 6. The highest BCUT2D eigenvalue weighted by atomic mass is 35.5. The van der Waals surface area contributed by atoms with Crippen LogP contribution in [0.2, 0.25) is 0 Å². The summed E-state index contributed by atoms with van der Waals surface area (Å²) in [6.07, 6.45) is 16.3. The van der Waals surface area contributed by atoms with Gasteiger partial charge in [-0.15, -0.1) is 61.8 Å². The van der Waals surface area contributed by atoms with Crippen LogP contribution in [0.15, 0.2) is 287 Å². The number of carbonyl (C=O) groups excluding carboxylic acids is 6. The van der Waals surface area contributed by atoms with Crippen LogP contribution in [0.4, 0.5) is 34.7 Å². The molecule has 0 unspecified atom stereocenters. The number of aryl methyl sites for hydroxylation is 9. The first-order chi connectivity index (χ1) is 69.0. The number of hydrogen-bond acceptors (Lipinski definition) is 24. The average molecular weight is 2050 g/mol. The third-order valence-corrected chi connectivity index (χ3v) is 26.4. The van der Waals surface area contributed by atoms with Crippen LogP contribution < -0.4 is 75.3 Å². The molecule has 0 bridgehead atoms. The van der Waals surface area contributed by atoms with E-state index >= 15 is 0 Å². The molecule has 1 saturated carbocycles. The number of nitrogens with zero attached hydrogens (tertiary/aromatic N) is 11. The van der Waals surface area contributed by atoms with Crippen LogP contribution in [0.3, 0.4) is 0 Å². The van der Waals surface area contributed by atoms with Crippen LogP contribution in [0.1, 0.15) is 101 Å². The van der Waals surface area contributed by atoms with Crippen LogP contribution >= 0.6 is 56.7 Å². The molecule has 37 heteroatoms. The monoisotopic (exact) mass is 2040 g/mol. The third-order valence-electron chi connectivity index (χ3n) is 22.1. The number of ether oxygens (including phenoxy) is 6. The van der Waals surface area contributed by atoms with E-state index in [4.69, 9.17) is 32.8 Å². The lowest BCUT2D eigenvalue weighted by Crippen LogP contribution is -3.00. The smallest absolute Gasteiger partial charge is 0.304 e. The summed E-state index contributed by atoms with van der Waals surface area (Å²) in [7, 11) is 0. The number of anilines is 6. The number of hydrogen-bond donors (Lipinski definition) is 6. The summed E-state index contributed by atoms with van der Waals surface area (Å²) in [5.74, 6) is 4.83. The van der Waals surface area contributed by atoms with Gasteiger partial charge in [-0.25, -0.2) is 4.98 Å². The van der Waals surface area contributed by atoms with Crippen molar-refractivity contribution in [2.24, 2.45) is 5.92 Å². The molecule has 6 amide bonds. The van der Waals surface area contributed by atoms with E-state index in [1.165, 1.54) is 48.6 Å². The molecule has 1 fully saturated rings. The lowest BCUT2D eigenvalue weighted by atomic mass is 10.1. The van der Waals surface area contributed by atoms with Gasteiger partial charge in [-0.05, 0) is 217 Å². The summed E-state index contributed by atoms with van der Waals surface area (Å²) in [6, 6.07) is 66.9. The standard InChI is InChI=1S/C20H27N3O2.C18H19N3O2S.C17H17N3O3S.2C17H17N3O2S.C17H16N2O3S.ClH/c1-14-8-10-18(11-9-14)25-13-19(24)23(12-17-6-4-5-7-17)20-15(2)21-22-16(20)3;1-13-5-7-15(8-6-13)23-12-18(22)21(11-16-4-3-9-24-16)17-10-19-20-14(17)2;1-12-4-5-15(14(21)9-12)23-11-17(22)20(16-6-7-18-19-16)10-13-3-2-8-24-13;1-13-4-6-14(7-5-13)22-12-17(21)20(16-8-9-18-19-16)11-15-3-2-10-23-15;1-13-4-6-15(7-5-13)22-12-17(21)20(14-9-18-19-10-14)11-16-3-2-8-23-16;1-13-4-6-14(7-5-13)22-12-16(20)19(17-18-8-9-21-17)11-15-3-2-10-23-15;/h8-11,17H,4-7,12-13H2,1-3H3,(H,21,22);3-10H,11-12H2,1-2H3,(H,19,20);2-9,21H,10-11H2,1H3,(H,18,19);2*2-10H,11-12H2,1H3,(H,18,19);2-10H,11-12H2,1H3;1H. The lowest BCUT2D eigenvalue weighted by molar-refractivity contribution is -0.448. The minimum atomic E-state index is -0.229. The fourth-order valence-electron chi connectivity index (χ4n) is 14.5. The molecule has 0 aliphatic heterocycles. The molecular formula is C106H114ClN17O14S5. The van der Waals surface area contributed by atoms with Gasteiger partial charge in [0.05, 0.1) is 92.2 Å². The highest BCUT2D eigenvalue weighted by Gasteiger charge is 2.30. The lowest BCUT2D eigenvalue weighted by Gasteiger charge is -2.26. The number of phenols is 1. The normalized spacial score (nSPS) is 11.2. The molecule has 7 N–H and O–H groups in total. The van der Waals surface area contributed by atoms with Crippen LogP contribution in [0.5, 0.6) is 40.2 Å². The predicted octanol–water partition coefficient (Wildman–Crippen LogP) is 17.6. The molecule has 18 rings (SSSR count). The number of H-pyrrole nitrogens is 6. The Morgan fingerprint density at radius 1 is 0.406 bits per heavy atom. The Hall–Kier alpha value is -15.2. The maximum atomic E-state index is 12.9. The number of amides is 6. The second kappa shape index (κ2) is 55.1. The van der Waals surface area contributed by atoms with E-state index in [0.717, 1.165) is 98.6 Å². The first-order valence-electron chi connectivity index (χ1n) is 45.8. The predicted molar refractivity (Wildman–Crippen MR) is 556 cm³/mol. The number of benzene rings is 6. The van der Waals surface area contributed by atoms with Crippen LogP contribution in [0, 0.1) is 68.2 Å². The van der Waals surface area contributed by atoms with Crippen LogP contribution in [0.25, 0.3) is 0 Å². The Labute approximate surface area is 855 Å². The number of carbonyl (C=O) groups is 6. The fourth-order valence-corrected chi connectivity index (χ4v) is 17.9. The van der Waals surface area contributed by atoms with Crippen molar-refractivity contribution in [1.29, 1.82) is 0 Å². The maximum Gasteiger partial charge on any atom is 0.304 e. The molecular weight excluding hydrogens is 1930 g/mol. The molecule has 0 saturated heterocycles. The van der Waals surface area contributed by atoms with Gasteiger partial charge in [0.1, 0.15) is 52.3 Å². The summed E-state index contributed by atoms with van der Waals surface area (Å²) >= 11 is 8.02. The van der Waals surface area contributed by atoms with Crippen LogP contribution in [-0.2, 0) is 61.5 Å². The van der Waals surface area contributed by atoms with Crippen molar-refractivity contribution in [1.82, 2.24) is 50.9 Å². The van der Waals surface area contributed by atoms with Crippen molar-refractivity contribution in [3.8, 4) is 40.2 Å². The van der Waals surface area contributed by atoms with Gasteiger partial charge < -0.3 is 60.2 Å². The zero-order valence-corrected chi connectivity index (χ0v) is 85.5. The van der Waals surface area contributed by atoms with Gasteiger partial charge in [0.25, 0.3) is 35.4 Å². The first-order valence-corrected chi connectivity index (χ1v) is 50.2. The maximum absolute atomic E-state index is 12.9. The van der Waals surface area contributed by atoms with Crippen molar-refractivity contribution in [2.45, 2.75) is 121 Å². The zero-order valence-electron chi connectivity index (χ0n) is 80.6. The van der Waals surface area contributed by atoms with E-state index in [0.29, 0.717) is 73.3 Å². The molecule has 6 aromatic carbocycles. The van der Waals surface area contributed by atoms with E-state index in [-0.39, 0.29) is 105 Å². The molecule has 17 aromatic rings. The molecule has 0 atom stereocenters. The highest BCUT2D eigenvalue weighted by Crippen LogP contribution is 2.33. The van der Waals surface area contributed by atoms with Crippen molar-refractivity contribution < 1.29 is 84.2 Å². The Morgan fingerprint density at radius 3 is 1.12 bits per heavy atom. The van der Waals surface area contributed by atoms with E-state index < -0.39 is 0 Å². The van der Waals surface area contributed by atoms with Gasteiger partial charge in [0.2, 0.25) is 6.20 Å². The number of nitrogens with one attached hydrogen (secondary N) is 6. The number of aromatic nitrogens is 11. The van der Waals surface area contributed by atoms with E-state index in [2.05, 4.69) is 56.0 Å². The SMILES string of the molecule is Cc1ccc(OCC(=O)N(CC2CCCC2)c2c(C)n[nH]c2C)cc1.Cc1ccc(OCC(=O)N(Cc2cccs2)c2c[nH][nH+]c2)cc1.Cc1ccc(OCC(=O)N(Cc2cccs2)c2ccn[nH]2)c(O)c1.Cc1ccc(OCC(=O)N(Cc2cccs2)c2ccn[nH]2)cc1.Cc1ccc(OCC(=O)N(Cc2cccs2)c2cn[nH]c2C)cc1.Cc1ccc(OCC(=O)N(Cc2cccs2)c2ncco2)cc1.[Cl-]. The number of aromatic hydroxyl groups is 1. The molecule has 11 heterocycles. The Kier molecular flexibility index (Phi) is 41.1. The molecule has 31 nitrogen and oxygen atoms in total. The van der Waals surface area contributed by atoms with Crippen molar-refractivity contribution in [3.63, 3.8) is 0 Å². The second-order valence-corrected chi connectivity index (χ2v) is 38.2. The van der Waals surface area contributed by atoms with Gasteiger partial charge in [-0.3, -0.25) is 68.8 Å². The summed E-state index contributed by atoms with van der Waals surface area (Å²) in [6.45, 7) is 20.6. The van der Waals surface area contributed by atoms with Gasteiger partial charge in [0.15, 0.2) is 51.1 Å². The summed E-state index contributed by atoms with van der Waals surface area (Å²) in [5, 5.41) is 53.2. The quantitative estimate of drug-likeness (QED) is 0.0212. The molecule has 0 radical (unpaired) electrons. The largest absolute Gasteiger partial charge is 1.00 e. The zero-order chi connectivity index (χ0) is 99.9. The molecule has 0 spiro atoms. The van der Waals surface area contributed by atoms with E-state index in [9.17, 15) is 33.9 Å². The number of oxazole rings is 1. The summed E-state index contributed by atoms with van der Waals surface area (Å²) < 4.78 is 38.9. The fraction of sp³-hybridized carbons (Fsp3) is 0.245. The Balaban J connectivity index is 0.000000153. The number of halogens is 1. The molecule has 11 aromatic heterocycles. The first kappa shape index (κ1) is 107. The van der Waals surface area contributed by atoms with Gasteiger partial charge in [0, 0.05) is 43.1 Å². The minimum Gasteiger partial charge on any atom is -1.00 e. The number of thiophene rings is 5. The van der Waals surface area contributed by atoms with E-state index in [1.54, 1.807) is 132 Å². The summed E-state index contributed by atoms with van der Waals surface area (Å²) in [5.41, 5.74) is 11.8. The summed E-state index contributed by atoms with van der Waals surface area (Å²) in [4.78, 5) is 95.4. The van der Waals surface area contributed by atoms with Crippen molar-refractivity contribution >= 4 is 127 Å². The topological polar surface area (TPSA) is 368 Å². The third kappa shape index (κ3) is 33.5. The molecule has 143 heavy (non-hydrogen) atoms. The molecule has 1 aliphatic carbocycles. The molecule has 744 valence electrons. The van der Waals surface area contributed by atoms with Gasteiger partial charge in [-0.2, -0.15) is 25.5 Å². The number of phenolic OH excluding ortho intramolecular Hbond substituents is 1. The Bertz CT molecular complexity index is 6260. The average Bonchev–Trinajstić information content (AvgIpc) is 1.68. The molecule has 1 aliphatic rings. The highest BCUT2D eigenvalue weighted by molar-refractivity contribution is 7.11. The number of rotatable bonds is 36. The second-order valence-electron chi connectivity index (χ2n) is 33.1. The minimum absolute atomic E-state index is 0. The van der Waals surface area contributed by atoms with Gasteiger partial charge >= 0.3 is 6.01 Å². The Morgan fingerprint density at radius 2 is 0.776 bits per heavy atom. The van der Waals surface area contributed by atoms with E-state index in [1.807, 2.05) is 282 Å². The van der Waals surface area contributed by atoms with Gasteiger partial charge in [-0.1, -0.05) is 138 Å².